The quantitative estimate of drug-likeness (QED) is 0.873. The highest BCUT2D eigenvalue weighted by Gasteiger charge is 2.38. The van der Waals surface area contributed by atoms with E-state index in [1.165, 1.54) is 12.8 Å². The van der Waals surface area contributed by atoms with Crippen molar-refractivity contribution in [1.29, 1.82) is 0 Å². The molecule has 0 bridgehead atoms. The average molecular weight is 313 g/mol. The highest BCUT2D eigenvalue weighted by Crippen LogP contribution is 2.30. The van der Waals surface area contributed by atoms with E-state index in [0.29, 0.717) is 18.5 Å². The van der Waals surface area contributed by atoms with Crippen LogP contribution in [0.3, 0.4) is 0 Å². The SMILES string of the molecule is CN1CCC[C@H]1[C@H]1CCCN1C(=O)Cc1noc2ccccc12. The van der Waals surface area contributed by atoms with E-state index in [1.54, 1.807) is 0 Å². The van der Waals surface area contributed by atoms with Crippen LogP contribution in [0.1, 0.15) is 31.4 Å². The number of rotatable bonds is 3. The molecule has 0 aliphatic carbocycles. The number of carbonyl (C=O) groups is 1. The van der Waals surface area contributed by atoms with Gasteiger partial charge in [-0.3, -0.25) is 4.79 Å². The fourth-order valence-corrected chi connectivity index (χ4v) is 4.23. The predicted molar refractivity (Wildman–Crippen MR) is 88.1 cm³/mol. The van der Waals surface area contributed by atoms with Crippen LogP contribution in [0.4, 0.5) is 0 Å². The molecule has 0 saturated carbocycles. The minimum atomic E-state index is 0.187. The van der Waals surface area contributed by atoms with Crippen molar-refractivity contribution in [2.75, 3.05) is 20.1 Å². The summed E-state index contributed by atoms with van der Waals surface area (Å²) in [6.07, 6.45) is 5.02. The smallest absolute Gasteiger partial charge is 0.229 e. The van der Waals surface area contributed by atoms with E-state index in [-0.39, 0.29) is 5.91 Å². The van der Waals surface area contributed by atoms with Gasteiger partial charge in [-0.25, -0.2) is 0 Å². The molecule has 3 heterocycles. The van der Waals surface area contributed by atoms with Crippen molar-refractivity contribution in [3.8, 4) is 0 Å². The maximum absolute atomic E-state index is 12.9. The van der Waals surface area contributed by atoms with Crippen LogP contribution in [0, 0.1) is 0 Å². The highest BCUT2D eigenvalue weighted by molar-refractivity contribution is 5.86. The fraction of sp³-hybridized carbons (Fsp3) is 0.556. The number of hydrogen-bond acceptors (Lipinski definition) is 4. The van der Waals surface area contributed by atoms with Gasteiger partial charge in [0.15, 0.2) is 5.58 Å². The van der Waals surface area contributed by atoms with E-state index in [2.05, 4.69) is 22.0 Å². The van der Waals surface area contributed by atoms with Gasteiger partial charge in [0.2, 0.25) is 5.91 Å². The Balaban J connectivity index is 1.52. The lowest BCUT2D eigenvalue weighted by Gasteiger charge is -2.33. The molecule has 0 spiro atoms. The number of benzene rings is 1. The summed E-state index contributed by atoms with van der Waals surface area (Å²) in [4.78, 5) is 17.4. The fourth-order valence-electron chi connectivity index (χ4n) is 4.23. The third kappa shape index (κ3) is 2.63. The summed E-state index contributed by atoms with van der Waals surface area (Å²) >= 11 is 0. The van der Waals surface area contributed by atoms with Gasteiger partial charge in [-0.15, -0.1) is 0 Å². The number of amides is 1. The van der Waals surface area contributed by atoms with E-state index in [9.17, 15) is 4.79 Å². The van der Waals surface area contributed by atoms with Crippen molar-refractivity contribution in [3.05, 3.63) is 30.0 Å². The molecule has 2 saturated heterocycles. The molecule has 2 aliphatic heterocycles. The lowest BCUT2D eigenvalue weighted by atomic mass is 10.0. The number of likely N-dealkylation sites (tertiary alicyclic amines) is 2. The standard InChI is InChI=1S/C18H23N3O2/c1-20-10-4-7-15(20)16-8-5-11-21(16)18(22)12-14-13-6-2-3-9-17(13)23-19-14/h2-3,6,9,15-16H,4-5,7-8,10-12H2,1H3/t15-,16+/m0/s1. The number of carbonyl (C=O) groups excluding carboxylic acids is 1. The summed E-state index contributed by atoms with van der Waals surface area (Å²) in [7, 11) is 2.18. The Kier molecular flexibility index (Phi) is 3.81. The molecule has 2 aliphatic rings. The highest BCUT2D eigenvalue weighted by atomic mass is 16.5. The van der Waals surface area contributed by atoms with Crippen LogP contribution in [0.25, 0.3) is 11.0 Å². The summed E-state index contributed by atoms with van der Waals surface area (Å²) in [6.45, 7) is 2.03. The van der Waals surface area contributed by atoms with Crippen LogP contribution in [-0.2, 0) is 11.2 Å². The summed E-state index contributed by atoms with van der Waals surface area (Å²) in [5.41, 5.74) is 1.51. The maximum Gasteiger partial charge on any atom is 0.229 e. The van der Waals surface area contributed by atoms with Crippen molar-refractivity contribution in [3.63, 3.8) is 0 Å². The van der Waals surface area contributed by atoms with E-state index in [0.717, 1.165) is 42.6 Å². The molecule has 2 atom stereocenters. The van der Waals surface area contributed by atoms with Gasteiger partial charge in [0.25, 0.3) is 0 Å². The summed E-state index contributed by atoms with van der Waals surface area (Å²) < 4.78 is 5.33. The Bertz CT molecular complexity index is 711. The van der Waals surface area contributed by atoms with E-state index < -0.39 is 0 Å². The zero-order valence-corrected chi connectivity index (χ0v) is 13.6. The van der Waals surface area contributed by atoms with Crippen LogP contribution in [-0.4, -0.2) is 53.1 Å². The normalized spacial score (nSPS) is 25.5. The van der Waals surface area contributed by atoms with Crippen LogP contribution in [0.15, 0.2) is 28.8 Å². The molecule has 0 radical (unpaired) electrons. The van der Waals surface area contributed by atoms with Crippen LogP contribution >= 0.6 is 0 Å². The number of fused-ring (bicyclic) bond motifs is 1. The second kappa shape index (κ2) is 5.96. The molecular formula is C18H23N3O2. The molecule has 23 heavy (non-hydrogen) atoms. The van der Waals surface area contributed by atoms with E-state index >= 15 is 0 Å². The molecule has 5 heteroatoms. The molecule has 5 nitrogen and oxygen atoms in total. The molecule has 2 aromatic rings. The summed E-state index contributed by atoms with van der Waals surface area (Å²) in [5, 5.41) is 5.06. The topological polar surface area (TPSA) is 49.6 Å². The van der Waals surface area contributed by atoms with E-state index in [1.807, 2.05) is 24.3 Å². The van der Waals surface area contributed by atoms with Gasteiger partial charge in [0.1, 0.15) is 5.69 Å². The van der Waals surface area contributed by atoms with Crippen molar-refractivity contribution < 1.29 is 9.32 Å². The first-order chi connectivity index (χ1) is 11.2. The van der Waals surface area contributed by atoms with Crippen LogP contribution in [0.2, 0.25) is 0 Å². The molecule has 1 aromatic heterocycles. The second-order valence-corrected chi connectivity index (χ2v) is 6.79. The predicted octanol–water partition coefficient (Wildman–Crippen LogP) is 2.46. The number of hydrogen-bond donors (Lipinski definition) is 0. The van der Waals surface area contributed by atoms with Gasteiger partial charge in [-0.2, -0.15) is 0 Å². The third-order valence-electron chi connectivity index (χ3n) is 5.41. The van der Waals surface area contributed by atoms with Crippen LogP contribution in [0.5, 0.6) is 0 Å². The Morgan fingerprint density at radius 3 is 2.83 bits per heavy atom. The molecular weight excluding hydrogens is 290 g/mol. The first-order valence-corrected chi connectivity index (χ1v) is 8.57. The average Bonchev–Trinajstić information content (AvgIpc) is 3.27. The Morgan fingerprint density at radius 1 is 1.22 bits per heavy atom. The second-order valence-electron chi connectivity index (χ2n) is 6.79. The van der Waals surface area contributed by atoms with Crippen LogP contribution < -0.4 is 0 Å². The van der Waals surface area contributed by atoms with Gasteiger partial charge < -0.3 is 14.3 Å². The number of nitrogens with zero attached hydrogens (tertiary/aromatic N) is 3. The summed E-state index contributed by atoms with van der Waals surface area (Å²) in [6, 6.07) is 8.64. The molecule has 0 N–H and O–H groups in total. The van der Waals surface area contributed by atoms with Gasteiger partial charge >= 0.3 is 0 Å². The van der Waals surface area contributed by atoms with Gasteiger partial charge in [0.05, 0.1) is 6.42 Å². The summed E-state index contributed by atoms with van der Waals surface area (Å²) in [5.74, 6) is 0.187. The zero-order valence-electron chi connectivity index (χ0n) is 13.6. The molecule has 1 amide bonds. The lowest BCUT2D eigenvalue weighted by Crippen LogP contribution is -2.47. The minimum absolute atomic E-state index is 0.187. The minimum Gasteiger partial charge on any atom is -0.356 e. The van der Waals surface area contributed by atoms with Crippen molar-refractivity contribution >= 4 is 16.9 Å². The zero-order chi connectivity index (χ0) is 15.8. The number of aromatic nitrogens is 1. The molecule has 1 aromatic carbocycles. The monoisotopic (exact) mass is 313 g/mol. The number of likely N-dealkylation sites (N-methyl/N-ethyl adjacent to an activating group) is 1. The van der Waals surface area contributed by atoms with Crippen molar-refractivity contribution in [2.24, 2.45) is 0 Å². The molecule has 122 valence electrons. The Hall–Kier alpha value is -1.88. The number of para-hydroxylation sites is 1. The first kappa shape index (κ1) is 14.7. The maximum atomic E-state index is 12.9. The van der Waals surface area contributed by atoms with Crippen molar-refractivity contribution in [2.45, 2.75) is 44.2 Å². The van der Waals surface area contributed by atoms with E-state index in [4.69, 9.17) is 4.52 Å². The Labute approximate surface area is 136 Å². The molecule has 0 unspecified atom stereocenters. The van der Waals surface area contributed by atoms with Gasteiger partial charge in [0, 0.05) is 24.0 Å². The largest absolute Gasteiger partial charge is 0.356 e. The first-order valence-electron chi connectivity index (χ1n) is 8.57. The Morgan fingerprint density at radius 2 is 2.00 bits per heavy atom. The lowest BCUT2D eigenvalue weighted by molar-refractivity contribution is -0.132. The van der Waals surface area contributed by atoms with Gasteiger partial charge in [-0.05, 0) is 51.4 Å². The molecule has 2 fully saturated rings. The van der Waals surface area contributed by atoms with Crippen molar-refractivity contribution in [1.82, 2.24) is 15.0 Å². The molecule has 4 rings (SSSR count). The van der Waals surface area contributed by atoms with Gasteiger partial charge in [-0.1, -0.05) is 17.3 Å². The third-order valence-corrected chi connectivity index (χ3v) is 5.41.